The van der Waals surface area contributed by atoms with Gasteiger partial charge in [-0.25, -0.2) is 0 Å². The number of hydrogen-bond acceptors (Lipinski definition) is 8. The van der Waals surface area contributed by atoms with Gasteiger partial charge in [-0.3, -0.25) is 14.9 Å². The zero-order valence-corrected chi connectivity index (χ0v) is 22.0. The Labute approximate surface area is 220 Å². The number of nitrogens with zero attached hydrogens (tertiary/aromatic N) is 1. The fourth-order valence-corrected chi connectivity index (χ4v) is 5.22. The van der Waals surface area contributed by atoms with Gasteiger partial charge >= 0.3 is 10.1 Å². The van der Waals surface area contributed by atoms with Crippen LogP contribution in [0.1, 0.15) is 47.8 Å². The molecule has 38 heavy (non-hydrogen) atoms. The van der Waals surface area contributed by atoms with Crippen molar-refractivity contribution in [3.05, 3.63) is 87.5 Å². The lowest BCUT2D eigenvalue weighted by molar-refractivity contribution is -0.385. The number of fused-ring (bicyclic) bond motifs is 1. The van der Waals surface area contributed by atoms with E-state index in [1.165, 1.54) is 43.3 Å². The van der Waals surface area contributed by atoms with Crippen molar-refractivity contribution >= 4 is 21.7 Å². The molecule has 1 N–H and O–H groups in total. The Bertz CT molecular complexity index is 1450. The van der Waals surface area contributed by atoms with Gasteiger partial charge < -0.3 is 19.0 Å². The summed E-state index contributed by atoms with van der Waals surface area (Å²) in [6, 6.07) is 14.4. The molecule has 0 aromatic heterocycles. The van der Waals surface area contributed by atoms with Crippen LogP contribution in [0, 0.1) is 23.0 Å². The normalized spacial score (nSPS) is 13.9. The Morgan fingerprint density at radius 1 is 1.00 bits per heavy atom. The van der Waals surface area contributed by atoms with Crippen molar-refractivity contribution in [2.24, 2.45) is 5.92 Å². The highest BCUT2D eigenvalue weighted by Crippen LogP contribution is 2.34. The molecule has 0 spiro atoms. The maximum atomic E-state index is 13.1. The molecule has 0 aliphatic carbocycles. The fraction of sp³-hybridized carbons (Fsp3) is 0.296. The van der Waals surface area contributed by atoms with Crippen molar-refractivity contribution in [1.82, 2.24) is 5.32 Å². The van der Waals surface area contributed by atoms with Crippen LogP contribution in [0.25, 0.3) is 0 Å². The number of carbonyl (C=O) groups excluding carboxylic acids is 1. The third kappa shape index (κ3) is 6.05. The molecule has 200 valence electrons. The summed E-state index contributed by atoms with van der Waals surface area (Å²) in [5.41, 5.74) is 1.12. The zero-order valence-electron chi connectivity index (χ0n) is 21.2. The minimum absolute atomic E-state index is 0.0317. The van der Waals surface area contributed by atoms with Crippen molar-refractivity contribution in [1.29, 1.82) is 0 Å². The largest absolute Gasteiger partial charge is 0.490 e. The Kier molecular flexibility index (Phi) is 7.86. The topological polar surface area (TPSA) is 134 Å². The van der Waals surface area contributed by atoms with E-state index in [9.17, 15) is 23.3 Å². The van der Waals surface area contributed by atoms with E-state index in [1.54, 1.807) is 0 Å². The summed E-state index contributed by atoms with van der Waals surface area (Å²) in [4.78, 5) is 23.1. The molecule has 1 aliphatic rings. The van der Waals surface area contributed by atoms with E-state index in [0.717, 1.165) is 18.1 Å². The van der Waals surface area contributed by atoms with Crippen molar-refractivity contribution in [2.45, 2.75) is 38.1 Å². The summed E-state index contributed by atoms with van der Waals surface area (Å²) in [6.45, 7) is 6.64. The average molecular weight is 541 g/mol. The number of aryl methyl sites for hydroxylation is 1. The number of rotatable bonds is 8. The van der Waals surface area contributed by atoms with Crippen molar-refractivity contribution < 1.29 is 31.8 Å². The maximum Gasteiger partial charge on any atom is 0.339 e. The molecular weight excluding hydrogens is 512 g/mol. The van der Waals surface area contributed by atoms with Crippen LogP contribution in [-0.2, 0) is 10.1 Å². The first-order valence-electron chi connectivity index (χ1n) is 12.0. The summed E-state index contributed by atoms with van der Waals surface area (Å²) in [6.07, 6.45) is 0.792. The predicted octanol–water partition coefficient (Wildman–Crippen LogP) is 4.96. The summed E-state index contributed by atoms with van der Waals surface area (Å²) < 4.78 is 42.2. The summed E-state index contributed by atoms with van der Waals surface area (Å²) in [7, 11) is -4.34. The van der Waals surface area contributed by atoms with Crippen LogP contribution >= 0.6 is 0 Å². The van der Waals surface area contributed by atoms with Crippen LogP contribution in [0.5, 0.6) is 17.2 Å². The molecule has 0 bridgehead atoms. The number of non-ortho nitro benzene ring substituents is 1. The first-order chi connectivity index (χ1) is 18.0. The Morgan fingerprint density at radius 3 is 2.34 bits per heavy atom. The summed E-state index contributed by atoms with van der Waals surface area (Å²) in [5, 5.41) is 14.1. The van der Waals surface area contributed by atoms with Gasteiger partial charge in [-0.05, 0) is 60.4 Å². The van der Waals surface area contributed by atoms with E-state index < -0.39 is 15.0 Å². The van der Waals surface area contributed by atoms with Gasteiger partial charge in [-0.15, -0.1) is 0 Å². The van der Waals surface area contributed by atoms with Crippen LogP contribution in [0.4, 0.5) is 5.69 Å². The summed E-state index contributed by atoms with van der Waals surface area (Å²) >= 11 is 0. The van der Waals surface area contributed by atoms with E-state index in [-0.39, 0.29) is 34.2 Å². The first kappa shape index (κ1) is 26.9. The van der Waals surface area contributed by atoms with Gasteiger partial charge in [0.2, 0.25) is 0 Å². The van der Waals surface area contributed by atoms with Crippen LogP contribution in [0.2, 0.25) is 0 Å². The molecule has 0 saturated carbocycles. The monoisotopic (exact) mass is 540 g/mol. The SMILES string of the molecule is Cc1ccc([N+](=O)[O-])cc1S(=O)(=O)Oc1ccc(C(=O)NC(c2ccc3c(c2)OCCCO3)C(C)C)cc1. The molecule has 1 unspecified atom stereocenters. The molecule has 4 rings (SSSR count). The number of carbonyl (C=O) groups is 1. The molecule has 1 atom stereocenters. The Morgan fingerprint density at radius 2 is 1.68 bits per heavy atom. The van der Waals surface area contributed by atoms with Gasteiger partial charge in [0.05, 0.1) is 24.2 Å². The van der Waals surface area contributed by atoms with Crippen molar-refractivity contribution in [3.8, 4) is 17.2 Å². The Hall–Kier alpha value is -4.12. The number of hydrogen-bond donors (Lipinski definition) is 1. The molecular formula is C27H28N2O8S. The number of nitro benzene ring substituents is 1. The molecule has 3 aromatic rings. The molecule has 1 heterocycles. The fourth-order valence-electron chi connectivity index (χ4n) is 4.04. The molecule has 1 aliphatic heterocycles. The highest BCUT2D eigenvalue weighted by molar-refractivity contribution is 7.87. The molecule has 0 saturated heterocycles. The van der Waals surface area contributed by atoms with E-state index >= 15 is 0 Å². The third-order valence-electron chi connectivity index (χ3n) is 6.06. The van der Waals surface area contributed by atoms with Crippen molar-refractivity contribution in [2.75, 3.05) is 13.2 Å². The second kappa shape index (κ2) is 11.1. The van der Waals surface area contributed by atoms with Crippen molar-refractivity contribution in [3.63, 3.8) is 0 Å². The van der Waals surface area contributed by atoms with E-state index in [1.807, 2.05) is 32.0 Å². The lowest BCUT2D eigenvalue weighted by Gasteiger charge is -2.24. The van der Waals surface area contributed by atoms with Gasteiger partial charge in [-0.1, -0.05) is 26.0 Å². The highest BCUT2D eigenvalue weighted by Gasteiger charge is 2.24. The quantitative estimate of drug-likeness (QED) is 0.241. The molecule has 10 nitrogen and oxygen atoms in total. The van der Waals surface area contributed by atoms with E-state index in [0.29, 0.717) is 35.8 Å². The molecule has 11 heteroatoms. The van der Waals surface area contributed by atoms with Gasteiger partial charge in [0, 0.05) is 24.1 Å². The molecule has 1 amide bonds. The molecule has 0 radical (unpaired) electrons. The minimum Gasteiger partial charge on any atom is -0.490 e. The van der Waals surface area contributed by atoms with Crippen LogP contribution in [0.3, 0.4) is 0 Å². The second-order valence-corrected chi connectivity index (χ2v) is 10.7. The first-order valence-corrected chi connectivity index (χ1v) is 13.5. The van der Waals surface area contributed by atoms with E-state index in [4.69, 9.17) is 13.7 Å². The van der Waals surface area contributed by atoms with Crippen LogP contribution in [-0.4, -0.2) is 32.5 Å². The summed E-state index contributed by atoms with van der Waals surface area (Å²) in [5.74, 6) is 0.998. The Balaban J connectivity index is 1.49. The minimum atomic E-state index is -4.34. The molecule has 3 aromatic carbocycles. The molecule has 0 fully saturated rings. The van der Waals surface area contributed by atoms with Gasteiger partial charge in [0.25, 0.3) is 11.6 Å². The lowest BCUT2D eigenvalue weighted by Crippen LogP contribution is -2.31. The van der Waals surface area contributed by atoms with Crippen LogP contribution in [0.15, 0.2) is 65.6 Å². The van der Waals surface area contributed by atoms with Gasteiger partial charge in [-0.2, -0.15) is 8.42 Å². The van der Waals surface area contributed by atoms with Crippen LogP contribution < -0.4 is 19.0 Å². The maximum absolute atomic E-state index is 13.1. The number of benzene rings is 3. The van der Waals surface area contributed by atoms with Gasteiger partial charge in [0.15, 0.2) is 11.5 Å². The number of nitro groups is 1. The smallest absolute Gasteiger partial charge is 0.339 e. The second-order valence-electron chi connectivity index (χ2n) is 9.22. The third-order valence-corrected chi connectivity index (χ3v) is 7.45. The predicted molar refractivity (Wildman–Crippen MR) is 139 cm³/mol. The van der Waals surface area contributed by atoms with E-state index in [2.05, 4.69) is 5.32 Å². The zero-order chi connectivity index (χ0) is 27.4. The number of nitrogens with one attached hydrogen (secondary N) is 1. The highest BCUT2D eigenvalue weighted by atomic mass is 32.2. The number of amides is 1. The standard InChI is InChI=1S/C27H28N2O8S/c1-17(2)26(20-8-12-23-24(15-20)36-14-4-13-35-23)28-27(30)19-6-10-22(11-7-19)37-38(33,34)25-16-21(29(31)32)9-5-18(25)3/h5-12,15-17,26H,4,13-14H2,1-3H3,(H,28,30). The average Bonchev–Trinajstić information content (AvgIpc) is 3.12. The number of ether oxygens (including phenoxy) is 2. The van der Waals surface area contributed by atoms with Gasteiger partial charge in [0.1, 0.15) is 10.6 Å². The lowest BCUT2D eigenvalue weighted by atomic mass is 9.95.